The van der Waals surface area contributed by atoms with E-state index in [1.807, 2.05) is 5.38 Å². The summed E-state index contributed by atoms with van der Waals surface area (Å²) in [6, 6.07) is 4.15. The second kappa shape index (κ2) is 7.91. The van der Waals surface area contributed by atoms with Gasteiger partial charge in [-0.15, -0.1) is 11.3 Å². The summed E-state index contributed by atoms with van der Waals surface area (Å²) in [5.41, 5.74) is 6.18. The molecule has 0 bridgehead atoms. The Balaban J connectivity index is 1.64. The lowest BCUT2D eigenvalue weighted by Gasteiger charge is -2.17. The number of ketones is 1. The highest BCUT2D eigenvalue weighted by Crippen LogP contribution is 2.28. The lowest BCUT2D eigenvalue weighted by Crippen LogP contribution is -2.47. The van der Waals surface area contributed by atoms with E-state index in [4.69, 9.17) is 10.2 Å². The van der Waals surface area contributed by atoms with E-state index in [0.29, 0.717) is 11.6 Å². The molecular weight excluding hydrogens is 406 g/mol. The number of hydrogen-bond donors (Lipinski definition) is 2. The maximum absolute atomic E-state index is 13.0. The SMILES string of the molecule is Cc1ncc(C(=O)NC(Cc2csc3cocc23)C(=O)C(N)=O)n1-c1ccccn1. The lowest BCUT2D eigenvalue weighted by atomic mass is 10.0. The Morgan fingerprint density at radius 1 is 1.27 bits per heavy atom. The summed E-state index contributed by atoms with van der Waals surface area (Å²) < 4.78 is 7.66. The molecule has 0 radical (unpaired) electrons. The number of amides is 2. The largest absolute Gasteiger partial charge is 0.470 e. The van der Waals surface area contributed by atoms with Gasteiger partial charge in [0.05, 0.1) is 17.2 Å². The van der Waals surface area contributed by atoms with E-state index in [9.17, 15) is 14.4 Å². The Labute approximate surface area is 174 Å². The van der Waals surface area contributed by atoms with Gasteiger partial charge in [-0.25, -0.2) is 9.97 Å². The molecule has 4 rings (SSSR count). The molecule has 1 unspecified atom stereocenters. The first-order valence-electron chi connectivity index (χ1n) is 8.98. The van der Waals surface area contributed by atoms with Crippen LogP contribution in [0, 0.1) is 6.92 Å². The fourth-order valence-corrected chi connectivity index (χ4v) is 4.09. The number of primary amides is 1. The summed E-state index contributed by atoms with van der Waals surface area (Å²) in [5.74, 6) is -1.51. The van der Waals surface area contributed by atoms with E-state index in [0.717, 1.165) is 15.6 Å². The van der Waals surface area contributed by atoms with Gasteiger partial charge in [0.25, 0.3) is 11.8 Å². The average Bonchev–Trinajstić information content (AvgIpc) is 3.44. The van der Waals surface area contributed by atoms with Crippen molar-refractivity contribution < 1.29 is 18.8 Å². The first-order chi connectivity index (χ1) is 14.5. The molecule has 4 heterocycles. The van der Waals surface area contributed by atoms with Crippen molar-refractivity contribution in [2.75, 3.05) is 0 Å². The number of pyridine rings is 1. The minimum Gasteiger partial charge on any atom is -0.470 e. The lowest BCUT2D eigenvalue weighted by molar-refractivity contribution is -0.137. The van der Waals surface area contributed by atoms with Crippen LogP contribution in [0.25, 0.3) is 15.9 Å². The van der Waals surface area contributed by atoms with Crippen molar-refractivity contribution in [3.8, 4) is 5.82 Å². The Morgan fingerprint density at radius 3 is 2.83 bits per heavy atom. The molecule has 4 aromatic heterocycles. The van der Waals surface area contributed by atoms with Gasteiger partial charge in [0, 0.05) is 18.0 Å². The molecule has 0 aromatic carbocycles. The van der Waals surface area contributed by atoms with Gasteiger partial charge in [-0.05, 0) is 30.0 Å². The Bertz CT molecular complexity index is 1240. The van der Waals surface area contributed by atoms with E-state index in [2.05, 4.69) is 15.3 Å². The number of Topliss-reactive ketones (excluding diaryl/α,β-unsaturated/α-hetero) is 1. The van der Waals surface area contributed by atoms with Crippen LogP contribution in [0.2, 0.25) is 0 Å². The fourth-order valence-electron chi connectivity index (χ4n) is 3.18. The number of nitrogens with two attached hydrogens (primary N) is 1. The van der Waals surface area contributed by atoms with Crippen LogP contribution >= 0.6 is 11.3 Å². The fraction of sp³-hybridized carbons (Fsp3) is 0.150. The van der Waals surface area contributed by atoms with Crippen LogP contribution in [0.4, 0.5) is 0 Å². The summed E-state index contributed by atoms with van der Waals surface area (Å²) in [6.07, 6.45) is 6.26. The third-order valence-electron chi connectivity index (χ3n) is 4.64. The van der Waals surface area contributed by atoms with Crippen molar-refractivity contribution in [3.63, 3.8) is 0 Å². The maximum atomic E-state index is 13.0. The number of thiophene rings is 1. The Morgan fingerprint density at radius 2 is 2.10 bits per heavy atom. The number of carbonyl (C=O) groups excluding carboxylic acids is 3. The van der Waals surface area contributed by atoms with Gasteiger partial charge in [0.15, 0.2) is 0 Å². The number of imidazole rings is 1. The highest BCUT2D eigenvalue weighted by molar-refractivity contribution is 7.17. The molecule has 0 saturated heterocycles. The van der Waals surface area contributed by atoms with Crippen LogP contribution in [-0.4, -0.2) is 38.2 Å². The number of aryl methyl sites for hydroxylation is 1. The molecule has 9 nitrogen and oxygen atoms in total. The molecule has 3 N–H and O–H groups in total. The predicted molar refractivity (Wildman–Crippen MR) is 109 cm³/mol. The minimum atomic E-state index is -1.13. The molecule has 10 heteroatoms. The molecule has 0 spiro atoms. The van der Waals surface area contributed by atoms with Crippen LogP contribution in [-0.2, 0) is 16.0 Å². The zero-order valence-electron chi connectivity index (χ0n) is 15.9. The first-order valence-corrected chi connectivity index (χ1v) is 9.86. The van der Waals surface area contributed by atoms with Gasteiger partial charge in [-0.3, -0.25) is 19.0 Å². The molecule has 1 atom stereocenters. The number of nitrogens with one attached hydrogen (secondary N) is 1. The standard InChI is InChI=1S/C20H17N5O4S/c1-11-23-7-15(25(11)17-4-2-3-5-22-17)20(28)24-14(18(26)19(21)27)6-12-10-30-16-9-29-8-13(12)16/h2-5,7-10,14H,6H2,1H3,(H2,21,27)(H,24,28). The van der Waals surface area contributed by atoms with Crippen molar-refractivity contribution in [3.05, 3.63) is 65.6 Å². The van der Waals surface area contributed by atoms with E-state index in [1.165, 1.54) is 17.5 Å². The second-order valence-corrected chi connectivity index (χ2v) is 7.49. The Hall–Kier alpha value is -3.79. The van der Waals surface area contributed by atoms with Gasteiger partial charge in [-0.1, -0.05) is 6.07 Å². The van der Waals surface area contributed by atoms with Crippen LogP contribution in [0.5, 0.6) is 0 Å². The molecule has 2 amide bonds. The van der Waals surface area contributed by atoms with Crippen molar-refractivity contribution in [1.29, 1.82) is 0 Å². The topological polar surface area (TPSA) is 133 Å². The summed E-state index contributed by atoms with van der Waals surface area (Å²) in [5, 5.41) is 5.31. The molecule has 0 saturated carbocycles. The van der Waals surface area contributed by atoms with Gasteiger partial charge >= 0.3 is 0 Å². The van der Waals surface area contributed by atoms with E-state index in [-0.39, 0.29) is 12.1 Å². The van der Waals surface area contributed by atoms with E-state index < -0.39 is 23.6 Å². The number of rotatable bonds is 7. The van der Waals surface area contributed by atoms with Crippen LogP contribution in [0.3, 0.4) is 0 Å². The normalized spacial score (nSPS) is 12.0. The van der Waals surface area contributed by atoms with Crippen molar-refractivity contribution in [2.24, 2.45) is 5.73 Å². The molecule has 30 heavy (non-hydrogen) atoms. The van der Waals surface area contributed by atoms with E-state index >= 15 is 0 Å². The van der Waals surface area contributed by atoms with Gasteiger partial charge < -0.3 is 15.5 Å². The van der Waals surface area contributed by atoms with Crippen molar-refractivity contribution in [1.82, 2.24) is 19.9 Å². The number of carbonyl (C=O) groups is 3. The summed E-state index contributed by atoms with van der Waals surface area (Å²) in [6.45, 7) is 1.73. The Kier molecular flexibility index (Phi) is 5.15. The second-order valence-electron chi connectivity index (χ2n) is 6.58. The smallest absolute Gasteiger partial charge is 0.287 e. The zero-order chi connectivity index (χ0) is 21.3. The van der Waals surface area contributed by atoms with Gasteiger partial charge in [0.1, 0.15) is 29.6 Å². The third kappa shape index (κ3) is 3.60. The van der Waals surface area contributed by atoms with E-state index in [1.54, 1.807) is 48.4 Å². The quantitative estimate of drug-likeness (QED) is 0.435. The molecule has 0 fully saturated rings. The number of aromatic nitrogens is 3. The molecule has 152 valence electrons. The molecule has 4 aromatic rings. The monoisotopic (exact) mass is 423 g/mol. The number of furan rings is 1. The maximum Gasteiger partial charge on any atom is 0.287 e. The zero-order valence-corrected chi connectivity index (χ0v) is 16.7. The molecular formula is C20H17N5O4S. The van der Waals surface area contributed by atoms with Crippen molar-refractivity contribution >= 4 is 39.0 Å². The molecule has 0 aliphatic heterocycles. The third-order valence-corrected chi connectivity index (χ3v) is 5.61. The summed E-state index contributed by atoms with van der Waals surface area (Å²) in [4.78, 5) is 45.4. The van der Waals surface area contributed by atoms with Crippen LogP contribution in [0.1, 0.15) is 21.9 Å². The molecule has 0 aliphatic rings. The average molecular weight is 423 g/mol. The minimum absolute atomic E-state index is 0.101. The molecule has 0 aliphatic carbocycles. The van der Waals surface area contributed by atoms with Crippen molar-refractivity contribution in [2.45, 2.75) is 19.4 Å². The number of hydrogen-bond acceptors (Lipinski definition) is 7. The predicted octanol–water partition coefficient (Wildman–Crippen LogP) is 1.78. The first kappa shape index (κ1) is 19.5. The summed E-state index contributed by atoms with van der Waals surface area (Å²) in [7, 11) is 0. The highest BCUT2D eigenvalue weighted by atomic mass is 32.1. The summed E-state index contributed by atoms with van der Waals surface area (Å²) >= 11 is 1.44. The van der Waals surface area contributed by atoms with Gasteiger partial charge in [-0.2, -0.15) is 0 Å². The van der Waals surface area contributed by atoms with Crippen LogP contribution < -0.4 is 11.1 Å². The highest BCUT2D eigenvalue weighted by Gasteiger charge is 2.28. The van der Waals surface area contributed by atoms with Crippen LogP contribution in [0.15, 0.2) is 52.9 Å². The number of fused-ring (bicyclic) bond motifs is 1. The van der Waals surface area contributed by atoms with Gasteiger partial charge in [0.2, 0.25) is 5.78 Å². The number of nitrogens with zero attached hydrogens (tertiary/aromatic N) is 3.